The van der Waals surface area contributed by atoms with E-state index in [0.717, 1.165) is 17.1 Å². The topological polar surface area (TPSA) is 37.3 Å². The number of thiophene rings is 1. The van der Waals surface area contributed by atoms with Crippen molar-refractivity contribution in [2.75, 3.05) is 5.75 Å². The lowest BCUT2D eigenvalue weighted by Gasteiger charge is -2.16. The van der Waals surface area contributed by atoms with Gasteiger partial charge in [0.2, 0.25) is 0 Å². The number of rotatable bonds is 4. The largest absolute Gasteiger partial charge is 0.477 e. The van der Waals surface area contributed by atoms with Gasteiger partial charge in [0.05, 0.1) is 0 Å². The summed E-state index contributed by atoms with van der Waals surface area (Å²) in [4.78, 5) is 12.1. The van der Waals surface area contributed by atoms with E-state index in [-0.39, 0.29) is 0 Å². The molecule has 84 valence electrons. The van der Waals surface area contributed by atoms with E-state index >= 15 is 0 Å². The van der Waals surface area contributed by atoms with Crippen LogP contribution in [0.2, 0.25) is 0 Å². The second-order valence-electron chi connectivity index (χ2n) is 4.61. The van der Waals surface area contributed by atoms with Crippen LogP contribution in [0.25, 0.3) is 0 Å². The standard InChI is InChI=1S/C11H16O2S2/c1-11(2,3)4-5-14-8-6-9(10(12)13)15-7-8/h6-7H,4-5H2,1-3H3,(H,12,13). The van der Waals surface area contributed by atoms with E-state index in [0.29, 0.717) is 10.3 Å². The second-order valence-corrected chi connectivity index (χ2v) is 6.69. The average molecular weight is 244 g/mol. The van der Waals surface area contributed by atoms with E-state index in [9.17, 15) is 4.79 Å². The highest BCUT2D eigenvalue weighted by atomic mass is 32.2. The van der Waals surface area contributed by atoms with E-state index in [1.54, 1.807) is 17.8 Å². The third-order valence-electron chi connectivity index (χ3n) is 1.91. The molecular weight excluding hydrogens is 228 g/mol. The summed E-state index contributed by atoms with van der Waals surface area (Å²) in [5, 5.41) is 10.7. The summed E-state index contributed by atoms with van der Waals surface area (Å²) in [6.45, 7) is 6.64. The fourth-order valence-electron chi connectivity index (χ4n) is 0.982. The van der Waals surface area contributed by atoms with E-state index in [4.69, 9.17) is 5.11 Å². The van der Waals surface area contributed by atoms with E-state index < -0.39 is 5.97 Å². The summed E-state index contributed by atoms with van der Waals surface area (Å²) in [5.74, 6) is 0.210. The van der Waals surface area contributed by atoms with Crippen molar-refractivity contribution in [2.24, 2.45) is 5.41 Å². The quantitative estimate of drug-likeness (QED) is 0.814. The summed E-state index contributed by atoms with van der Waals surface area (Å²) in [7, 11) is 0. The zero-order chi connectivity index (χ0) is 11.5. The van der Waals surface area contributed by atoms with Gasteiger partial charge in [0.1, 0.15) is 4.88 Å². The molecule has 0 aliphatic carbocycles. The highest BCUT2D eigenvalue weighted by Crippen LogP contribution is 2.28. The van der Waals surface area contributed by atoms with Crippen molar-refractivity contribution in [2.45, 2.75) is 32.1 Å². The molecule has 0 fully saturated rings. The molecule has 0 saturated heterocycles. The lowest BCUT2D eigenvalue weighted by atomic mass is 9.94. The third kappa shape index (κ3) is 4.71. The van der Waals surface area contributed by atoms with Crippen LogP contribution >= 0.6 is 23.1 Å². The van der Waals surface area contributed by atoms with Gasteiger partial charge in [-0.2, -0.15) is 0 Å². The number of carboxylic acids is 1. The molecule has 0 atom stereocenters. The van der Waals surface area contributed by atoms with Crippen LogP contribution in [-0.4, -0.2) is 16.8 Å². The maximum atomic E-state index is 10.6. The van der Waals surface area contributed by atoms with Crippen LogP contribution in [0.5, 0.6) is 0 Å². The van der Waals surface area contributed by atoms with Gasteiger partial charge in [0.25, 0.3) is 0 Å². The molecule has 0 unspecified atom stereocenters. The van der Waals surface area contributed by atoms with Gasteiger partial charge < -0.3 is 5.11 Å². The van der Waals surface area contributed by atoms with Gasteiger partial charge in [-0.25, -0.2) is 4.79 Å². The van der Waals surface area contributed by atoms with Gasteiger partial charge in [0.15, 0.2) is 0 Å². The summed E-state index contributed by atoms with van der Waals surface area (Å²) in [6, 6.07) is 1.75. The number of hydrogen-bond acceptors (Lipinski definition) is 3. The number of hydrogen-bond donors (Lipinski definition) is 1. The monoisotopic (exact) mass is 244 g/mol. The normalized spacial score (nSPS) is 11.7. The zero-order valence-electron chi connectivity index (χ0n) is 9.24. The molecule has 1 N–H and O–H groups in total. The molecule has 1 rings (SSSR count). The van der Waals surface area contributed by atoms with E-state index in [1.165, 1.54) is 11.3 Å². The van der Waals surface area contributed by atoms with Crippen LogP contribution < -0.4 is 0 Å². The van der Waals surface area contributed by atoms with E-state index in [2.05, 4.69) is 20.8 Å². The minimum absolute atomic E-state index is 0.346. The maximum absolute atomic E-state index is 10.6. The average Bonchev–Trinajstić information content (AvgIpc) is 2.50. The van der Waals surface area contributed by atoms with Crippen LogP contribution in [-0.2, 0) is 0 Å². The molecule has 0 saturated carbocycles. The summed E-state index contributed by atoms with van der Waals surface area (Å²) in [6.07, 6.45) is 1.13. The Labute approximate surface area is 98.7 Å². The zero-order valence-corrected chi connectivity index (χ0v) is 10.9. The van der Waals surface area contributed by atoms with Crippen molar-refractivity contribution >= 4 is 29.1 Å². The van der Waals surface area contributed by atoms with Gasteiger partial charge in [-0.15, -0.1) is 23.1 Å². The van der Waals surface area contributed by atoms with Crippen LogP contribution in [0, 0.1) is 5.41 Å². The van der Waals surface area contributed by atoms with Crippen molar-refractivity contribution in [1.29, 1.82) is 0 Å². The van der Waals surface area contributed by atoms with Crippen molar-refractivity contribution in [3.63, 3.8) is 0 Å². The molecule has 1 heterocycles. The predicted octanol–water partition coefficient (Wildman–Crippen LogP) is 3.97. The van der Waals surface area contributed by atoms with Crippen molar-refractivity contribution in [3.8, 4) is 0 Å². The van der Waals surface area contributed by atoms with Crippen molar-refractivity contribution < 1.29 is 9.90 Å². The summed E-state index contributed by atoms with van der Waals surface area (Å²) in [5.41, 5.74) is 0.346. The fourth-order valence-corrected chi connectivity index (χ4v) is 3.23. The highest BCUT2D eigenvalue weighted by Gasteiger charge is 2.11. The summed E-state index contributed by atoms with van der Waals surface area (Å²) < 4.78 is 0. The van der Waals surface area contributed by atoms with Gasteiger partial charge in [-0.1, -0.05) is 20.8 Å². The van der Waals surface area contributed by atoms with Gasteiger partial charge in [0, 0.05) is 10.3 Å². The first-order chi connectivity index (χ1) is 6.88. The number of thioether (sulfide) groups is 1. The Balaban J connectivity index is 2.41. The molecule has 0 spiro atoms. The van der Waals surface area contributed by atoms with Crippen LogP contribution in [0.3, 0.4) is 0 Å². The maximum Gasteiger partial charge on any atom is 0.345 e. The second kappa shape index (κ2) is 5.03. The first-order valence-electron chi connectivity index (χ1n) is 4.83. The van der Waals surface area contributed by atoms with Crippen LogP contribution in [0.4, 0.5) is 0 Å². The molecule has 15 heavy (non-hydrogen) atoms. The molecule has 0 aromatic carbocycles. The molecule has 0 radical (unpaired) electrons. The Morgan fingerprint density at radius 2 is 2.20 bits per heavy atom. The Hall–Kier alpha value is -0.480. The van der Waals surface area contributed by atoms with Gasteiger partial charge in [-0.3, -0.25) is 0 Å². The van der Waals surface area contributed by atoms with Crippen LogP contribution in [0.15, 0.2) is 16.3 Å². The number of aromatic carboxylic acids is 1. The molecule has 0 aliphatic rings. The smallest absolute Gasteiger partial charge is 0.345 e. The third-order valence-corrected chi connectivity index (χ3v) is 3.95. The fraction of sp³-hybridized carbons (Fsp3) is 0.545. The highest BCUT2D eigenvalue weighted by molar-refractivity contribution is 7.99. The Kier molecular flexibility index (Phi) is 4.22. The van der Waals surface area contributed by atoms with E-state index in [1.807, 2.05) is 5.38 Å². The molecular formula is C11H16O2S2. The molecule has 1 aromatic rings. The molecule has 0 bridgehead atoms. The SMILES string of the molecule is CC(C)(C)CCSc1csc(C(=O)O)c1. The first-order valence-corrected chi connectivity index (χ1v) is 6.70. The minimum Gasteiger partial charge on any atom is -0.477 e. The van der Waals surface area contributed by atoms with Gasteiger partial charge in [-0.05, 0) is 23.7 Å². The Morgan fingerprint density at radius 3 is 2.67 bits per heavy atom. The van der Waals surface area contributed by atoms with Crippen molar-refractivity contribution in [3.05, 3.63) is 16.3 Å². The predicted molar refractivity (Wildman–Crippen MR) is 66.1 cm³/mol. The lowest BCUT2D eigenvalue weighted by Crippen LogP contribution is -2.05. The van der Waals surface area contributed by atoms with Crippen molar-refractivity contribution in [1.82, 2.24) is 0 Å². The first kappa shape index (κ1) is 12.6. The minimum atomic E-state index is -0.831. The number of carboxylic acid groups (broad SMARTS) is 1. The molecule has 4 heteroatoms. The van der Waals surface area contributed by atoms with Gasteiger partial charge >= 0.3 is 5.97 Å². The summed E-state index contributed by atoms with van der Waals surface area (Å²) >= 11 is 3.03. The molecule has 1 aromatic heterocycles. The molecule has 2 nitrogen and oxygen atoms in total. The molecule has 0 aliphatic heterocycles. The Bertz CT molecular complexity index is 337. The number of carbonyl (C=O) groups is 1. The lowest BCUT2D eigenvalue weighted by molar-refractivity contribution is 0.0702. The Morgan fingerprint density at radius 1 is 1.53 bits per heavy atom. The molecule has 0 amide bonds. The van der Waals surface area contributed by atoms with Crippen LogP contribution in [0.1, 0.15) is 36.9 Å².